The third-order valence-electron chi connectivity index (χ3n) is 6.24. The number of rotatable bonds is 9. The average molecular weight is 561 g/mol. The van der Waals surface area contributed by atoms with Gasteiger partial charge in [0.1, 0.15) is 16.7 Å². The number of hydrogen-bond acceptors (Lipinski definition) is 5. The second kappa shape index (κ2) is 12.5. The monoisotopic (exact) mass is 560 g/mol. The molecule has 2 heterocycles. The molecule has 2 aromatic carbocycles. The van der Waals surface area contributed by atoms with Crippen molar-refractivity contribution in [2.45, 2.75) is 39.8 Å². The summed E-state index contributed by atoms with van der Waals surface area (Å²) in [6.07, 6.45) is 0.536. The molecular weight excluding hydrogens is 530 g/mol. The van der Waals surface area contributed by atoms with Crippen molar-refractivity contribution in [2.75, 3.05) is 13.1 Å². The summed E-state index contributed by atoms with van der Waals surface area (Å²) < 4.78 is 16.3. The number of aryl methyl sites for hydroxylation is 1. The summed E-state index contributed by atoms with van der Waals surface area (Å²) in [5.74, 6) is -0.477. The predicted octanol–water partition coefficient (Wildman–Crippen LogP) is 4.65. The fourth-order valence-corrected chi connectivity index (χ4v) is 4.59. The molecule has 1 amide bonds. The Hall–Kier alpha value is -3.27. The normalized spacial score (nSPS) is 12.0. The van der Waals surface area contributed by atoms with Crippen LogP contribution in [0.15, 0.2) is 59.4 Å². The van der Waals surface area contributed by atoms with Crippen molar-refractivity contribution in [3.8, 4) is 0 Å². The molecule has 8 nitrogen and oxygen atoms in total. The minimum atomic E-state index is -0.600. The number of amides is 1. The van der Waals surface area contributed by atoms with Gasteiger partial charge in [0.2, 0.25) is 0 Å². The fourth-order valence-electron chi connectivity index (χ4n) is 4.43. The zero-order chi connectivity index (χ0) is 26.7. The molecule has 1 atom stereocenters. The maximum atomic E-state index is 13.8. The number of fused-ring (bicyclic) bond motifs is 1. The third-order valence-corrected chi connectivity index (χ3v) is 6.69. The van der Waals surface area contributed by atoms with Gasteiger partial charge in [-0.15, -0.1) is 12.4 Å². The first-order valence-corrected chi connectivity index (χ1v) is 12.6. The van der Waals surface area contributed by atoms with E-state index in [1.54, 1.807) is 16.4 Å². The molecule has 38 heavy (non-hydrogen) atoms. The van der Waals surface area contributed by atoms with Crippen LogP contribution in [0.25, 0.3) is 5.65 Å². The molecule has 0 aliphatic rings. The van der Waals surface area contributed by atoms with Gasteiger partial charge in [-0.05, 0) is 55.6 Å². The highest BCUT2D eigenvalue weighted by atomic mass is 35.5. The van der Waals surface area contributed by atoms with Crippen LogP contribution >= 0.6 is 24.0 Å². The van der Waals surface area contributed by atoms with Gasteiger partial charge in [0, 0.05) is 12.1 Å². The first-order valence-electron chi connectivity index (χ1n) is 12.2. The second-order valence-electron chi connectivity index (χ2n) is 9.30. The highest BCUT2D eigenvalue weighted by Crippen LogP contribution is 2.31. The fraction of sp³-hybridized carbons (Fsp3) is 0.333. The molecule has 0 aliphatic heterocycles. The molecule has 1 unspecified atom stereocenters. The van der Waals surface area contributed by atoms with Crippen molar-refractivity contribution in [1.29, 1.82) is 0 Å². The summed E-state index contributed by atoms with van der Waals surface area (Å²) in [5.41, 5.74) is 7.36. The molecule has 0 aliphatic carbocycles. The van der Waals surface area contributed by atoms with Crippen molar-refractivity contribution < 1.29 is 9.18 Å². The van der Waals surface area contributed by atoms with Crippen molar-refractivity contribution in [2.24, 2.45) is 11.7 Å². The van der Waals surface area contributed by atoms with Crippen LogP contribution < -0.4 is 11.4 Å². The lowest BCUT2D eigenvalue weighted by Crippen LogP contribution is -2.43. The summed E-state index contributed by atoms with van der Waals surface area (Å²) in [6.45, 7) is 6.56. The Morgan fingerprint density at radius 2 is 1.79 bits per heavy atom. The number of carbonyl (C=O) groups is 1. The first-order chi connectivity index (χ1) is 17.7. The van der Waals surface area contributed by atoms with E-state index in [1.165, 1.54) is 28.8 Å². The van der Waals surface area contributed by atoms with Gasteiger partial charge >= 0.3 is 5.69 Å². The Kier molecular flexibility index (Phi) is 9.65. The zero-order valence-corrected chi connectivity index (χ0v) is 23.0. The van der Waals surface area contributed by atoms with Crippen LogP contribution in [-0.4, -0.2) is 43.1 Å². The molecule has 4 aromatic rings. The Balaban J connectivity index is 0.00000400. The van der Waals surface area contributed by atoms with Gasteiger partial charge in [-0.3, -0.25) is 9.36 Å². The van der Waals surface area contributed by atoms with E-state index in [0.717, 1.165) is 5.56 Å². The quantitative estimate of drug-likeness (QED) is 0.321. The number of aromatic nitrogens is 4. The molecule has 0 saturated carbocycles. The van der Waals surface area contributed by atoms with Crippen LogP contribution in [-0.2, 0) is 6.54 Å². The molecule has 202 valence electrons. The minimum Gasteiger partial charge on any atom is -0.330 e. The zero-order valence-electron chi connectivity index (χ0n) is 21.5. The number of nitrogens with two attached hydrogens (primary N) is 1. The summed E-state index contributed by atoms with van der Waals surface area (Å²) in [4.78, 5) is 34.0. The van der Waals surface area contributed by atoms with Gasteiger partial charge in [-0.2, -0.15) is 9.61 Å². The molecule has 0 fully saturated rings. The van der Waals surface area contributed by atoms with Crippen molar-refractivity contribution in [3.05, 3.63) is 98.6 Å². The van der Waals surface area contributed by atoms with Gasteiger partial charge in [-0.25, -0.2) is 14.2 Å². The number of nitrogens with zero attached hydrogens (tertiary/aromatic N) is 5. The maximum absolute atomic E-state index is 13.8. The molecule has 0 spiro atoms. The standard InChI is InChI=1S/C27H30ClFN6O2.ClH/c1-17(2)23(33(15-7-14-30)26(36)20-10-12-21(29)13-11-20)25-31-24-22(28)18(3)32-35(24)27(37)34(25)16-19-8-5-4-6-9-19;/h4-6,8-13,17,23H,7,14-16,30H2,1-3H3;1H. The molecule has 0 saturated heterocycles. The van der Waals surface area contributed by atoms with Crippen LogP contribution in [0.4, 0.5) is 4.39 Å². The summed E-state index contributed by atoms with van der Waals surface area (Å²) >= 11 is 6.49. The number of halogens is 3. The molecule has 0 bridgehead atoms. The van der Waals surface area contributed by atoms with E-state index in [0.29, 0.717) is 36.6 Å². The predicted molar refractivity (Wildman–Crippen MR) is 148 cm³/mol. The maximum Gasteiger partial charge on any atom is 0.352 e. The highest BCUT2D eigenvalue weighted by molar-refractivity contribution is 6.34. The van der Waals surface area contributed by atoms with Gasteiger partial charge in [0.05, 0.1) is 18.3 Å². The smallest absolute Gasteiger partial charge is 0.330 e. The Morgan fingerprint density at radius 3 is 2.39 bits per heavy atom. The van der Waals surface area contributed by atoms with E-state index in [-0.39, 0.29) is 41.4 Å². The topological polar surface area (TPSA) is 98.5 Å². The van der Waals surface area contributed by atoms with E-state index < -0.39 is 17.5 Å². The van der Waals surface area contributed by atoms with Crippen LogP contribution in [0.5, 0.6) is 0 Å². The van der Waals surface area contributed by atoms with Crippen molar-refractivity contribution >= 4 is 35.6 Å². The molecule has 2 N–H and O–H groups in total. The van der Waals surface area contributed by atoms with Crippen LogP contribution in [0.3, 0.4) is 0 Å². The molecule has 2 aromatic heterocycles. The highest BCUT2D eigenvalue weighted by Gasteiger charge is 2.33. The van der Waals surface area contributed by atoms with Gasteiger partial charge in [-0.1, -0.05) is 55.8 Å². The lowest BCUT2D eigenvalue weighted by atomic mass is 9.99. The van der Waals surface area contributed by atoms with Crippen molar-refractivity contribution in [3.63, 3.8) is 0 Å². The van der Waals surface area contributed by atoms with Gasteiger partial charge in [0.15, 0.2) is 5.65 Å². The lowest BCUT2D eigenvalue weighted by molar-refractivity contribution is 0.0601. The van der Waals surface area contributed by atoms with E-state index in [9.17, 15) is 14.0 Å². The van der Waals surface area contributed by atoms with E-state index >= 15 is 0 Å². The average Bonchev–Trinajstić information content (AvgIpc) is 3.17. The SMILES string of the molecule is Cc1nn2c(=O)n(Cc3ccccc3)c(C(C(C)C)N(CCCN)C(=O)c3ccc(F)cc3)nc2c1Cl.Cl. The molecule has 0 radical (unpaired) electrons. The van der Waals surface area contributed by atoms with Crippen LogP contribution in [0, 0.1) is 18.7 Å². The number of hydrogen-bond donors (Lipinski definition) is 1. The lowest BCUT2D eigenvalue weighted by Gasteiger charge is -2.35. The Labute approximate surface area is 231 Å². The summed E-state index contributed by atoms with van der Waals surface area (Å²) in [7, 11) is 0. The Bertz CT molecular complexity index is 1450. The van der Waals surface area contributed by atoms with Gasteiger partial charge in [0.25, 0.3) is 5.91 Å². The summed E-state index contributed by atoms with van der Waals surface area (Å²) in [6, 6.07) is 14.3. The largest absolute Gasteiger partial charge is 0.352 e. The van der Waals surface area contributed by atoms with E-state index in [4.69, 9.17) is 22.3 Å². The van der Waals surface area contributed by atoms with Crippen LogP contribution in [0.1, 0.15) is 53.7 Å². The van der Waals surface area contributed by atoms with Crippen molar-refractivity contribution in [1.82, 2.24) is 24.1 Å². The third kappa shape index (κ3) is 5.90. The number of carbonyl (C=O) groups excluding carboxylic acids is 1. The second-order valence-corrected chi connectivity index (χ2v) is 9.67. The first kappa shape index (κ1) is 29.3. The van der Waals surface area contributed by atoms with Crippen LogP contribution in [0.2, 0.25) is 5.02 Å². The van der Waals surface area contributed by atoms with Gasteiger partial charge < -0.3 is 10.6 Å². The molecular formula is C27H31Cl2FN6O2. The summed E-state index contributed by atoms with van der Waals surface area (Å²) in [5, 5.41) is 4.58. The van der Waals surface area contributed by atoms with E-state index in [1.807, 2.05) is 44.2 Å². The minimum absolute atomic E-state index is 0. The molecule has 4 rings (SSSR count). The molecule has 11 heteroatoms. The van der Waals surface area contributed by atoms with E-state index in [2.05, 4.69) is 5.10 Å². The Morgan fingerprint density at radius 1 is 1.13 bits per heavy atom. The number of benzene rings is 2.